The van der Waals surface area contributed by atoms with Gasteiger partial charge in [0.2, 0.25) is 0 Å². The summed E-state index contributed by atoms with van der Waals surface area (Å²) in [5.74, 6) is 0.585. The van der Waals surface area contributed by atoms with E-state index in [1.807, 2.05) is 4.90 Å². The first kappa shape index (κ1) is 11.3. The second kappa shape index (κ2) is 4.37. The van der Waals surface area contributed by atoms with Gasteiger partial charge in [-0.3, -0.25) is 5.32 Å². The molecule has 2 rings (SSSR count). The Morgan fingerprint density at radius 2 is 2.07 bits per heavy atom. The van der Waals surface area contributed by atoms with Gasteiger partial charge in [0.15, 0.2) is 6.35 Å². The zero-order valence-electron chi connectivity index (χ0n) is 9.81. The van der Waals surface area contributed by atoms with Crippen LogP contribution in [-0.2, 0) is 4.74 Å². The Balaban J connectivity index is 1.94. The van der Waals surface area contributed by atoms with Crippen LogP contribution < -0.4 is 5.32 Å². The van der Waals surface area contributed by atoms with Crippen molar-refractivity contribution < 1.29 is 9.84 Å². The second-order valence-electron chi connectivity index (χ2n) is 4.98. The number of ether oxygens (including phenoxy) is 1. The molecule has 5 unspecified atom stereocenters. The van der Waals surface area contributed by atoms with E-state index in [9.17, 15) is 5.11 Å². The first-order chi connectivity index (χ1) is 7.08. The van der Waals surface area contributed by atoms with Crippen LogP contribution >= 0.6 is 0 Å². The van der Waals surface area contributed by atoms with Crippen LogP contribution in [-0.4, -0.2) is 41.3 Å². The molecule has 2 saturated heterocycles. The van der Waals surface area contributed by atoms with E-state index >= 15 is 0 Å². The third kappa shape index (κ3) is 2.33. The molecule has 0 spiro atoms. The lowest BCUT2D eigenvalue weighted by Crippen LogP contribution is -2.58. The number of nitrogens with one attached hydrogen (secondary N) is 1. The number of aliphatic hydroxyl groups excluding tert-OH is 1. The molecule has 0 bridgehead atoms. The van der Waals surface area contributed by atoms with Crippen molar-refractivity contribution in [1.82, 2.24) is 10.2 Å². The number of hydrogen-bond acceptors (Lipinski definition) is 4. The van der Waals surface area contributed by atoms with Gasteiger partial charge in [0, 0.05) is 12.6 Å². The largest absolute Gasteiger partial charge is 0.365 e. The Labute approximate surface area is 91.6 Å². The van der Waals surface area contributed by atoms with Gasteiger partial charge in [-0.2, -0.15) is 0 Å². The van der Waals surface area contributed by atoms with Crippen LogP contribution in [0.25, 0.3) is 0 Å². The van der Waals surface area contributed by atoms with Crippen LogP contribution in [0.4, 0.5) is 0 Å². The van der Waals surface area contributed by atoms with Gasteiger partial charge in [0.25, 0.3) is 0 Å². The molecule has 0 amide bonds. The highest BCUT2D eigenvalue weighted by Crippen LogP contribution is 2.29. The highest BCUT2D eigenvalue weighted by atomic mass is 16.5. The molecule has 0 saturated carbocycles. The summed E-state index contributed by atoms with van der Waals surface area (Å²) in [6.45, 7) is 7.33. The molecular weight excluding hydrogens is 192 g/mol. The molecule has 2 fully saturated rings. The van der Waals surface area contributed by atoms with Gasteiger partial charge in [-0.25, -0.2) is 4.90 Å². The maximum absolute atomic E-state index is 9.91. The van der Waals surface area contributed by atoms with Gasteiger partial charge in [-0.15, -0.1) is 0 Å². The molecule has 4 nitrogen and oxygen atoms in total. The van der Waals surface area contributed by atoms with Gasteiger partial charge in [-0.1, -0.05) is 6.92 Å². The standard InChI is InChI=1S/C11H22N2O2/c1-7-6-10(15-9(7)3)13-5-4-8(2)12-11(13)14/h7-12,14H,4-6H2,1-3H3. The van der Waals surface area contributed by atoms with Crippen molar-refractivity contribution in [3.05, 3.63) is 0 Å². The molecule has 2 heterocycles. The first-order valence-corrected chi connectivity index (χ1v) is 5.93. The molecule has 0 radical (unpaired) electrons. The van der Waals surface area contributed by atoms with E-state index in [0.717, 1.165) is 19.4 Å². The number of hydrogen-bond donors (Lipinski definition) is 2. The Hall–Kier alpha value is -0.160. The summed E-state index contributed by atoms with van der Waals surface area (Å²) in [6, 6.07) is 0.396. The van der Waals surface area contributed by atoms with E-state index in [1.54, 1.807) is 0 Å². The van der Waals surface area contributed by atoms with Crippen molar-refractivity contribution in [3.63, 3.8) is 0 Å². The summed E-state index contributed by atoms with van der Waals surface area (Å²) in [7, 11) is 0. The summed E-state index contributed by atoms with van der Waals surface area (Å²) in [4.78, 5) is 2.03. The minimum atomic E-state index is -0.545. The van der Waals surface area contributed by atoms with E-state index in [0.29, 0.717) is 18.1 Å². The molecular formula is C11H22N2O2. The number of aliphatic hydroxyl groups is 1. The third-order valence-electron chi connectivity index (χ3n) is 3.68. The maximum Gasteiger partial charge on any atom is 0.165 e. The lowest BCUT2D eigenvalue weighted by Gasteiger charge is -2.39. The van der Waals surface area contributed by atoms with Crippen LogP contribution in [0.2, 0.25) is 0 Å². The number of rotatable bonds is 1. The predicted molar refractivity (Wildman–Crippen MR) is 58.0 cm³/mol. The van der Waals surface area contributed by atoms with Gasteiger partial charge >= 0.3 is 0 Å². The summed E-state index contributed by atoms with van der Waals surface area (Å²) in [6.07, 6.45) is 1.94. The zero-order chi connectivity index (χ0) is 11.0. The van der Waals surface area contributed by atoms with Gasteiger partial charge in [0.05, 0.1) is 6.10 Å². The van der Waals surface area contributed by atoms with E-state index in [-0.39, 0.29) is 6.23 Å². The zero-order valence-corrected chi connectivity index (χ0v) is 9.81. The lowest BCUT2D eigenvalue weighted by atomic mass is 10.0. The quantitative estimate of drug-likeness (QED) is 0.675. The molecule has 2 aliphatic heterocycles. The van der Waals surface area contributed by atoms with Crippen molar-refractivity contribution in [3.8, 4) is 0 Å². The summed E-state index contributed by atoms with van der Waals surface area (Å²) < 4.78 is 5.84. The molecule has 0 aromatic heterocycles. The molecule has 0 aromatic carbocycles. The highest BCUT2D eigenvalue weighted by Gasteiger charge is 2.37. The Kier molecular flexibility index (Phi) is 3.30. The van der Waals surface area contributed by atoms with Crippen LogP contribution in [0.1, 0.15) is 33.6 Å². The van der Waals surface area contributed by atoms with Crippen molar-refractivity contribution in [2.45, 2.75) is 58.3 Å². The van der Waals surface area contributed by atoms with Crippen LogP contribution in [0.3, 0.4) is 0 Å². The minimum Gasteiger partial charge on any atom is -0.365 e. The van der Waals surface area contributed by atoms with Crippen molar-refractivity contribution >= 4 is 0 Å². The van der Waals surface area contributed by atoms with E-state index in [2.05, 4.69) is 26.1 Å². The molecule has 4 heteroatoms. The Bertz CT molecular complexity index is 215. The molecule has 0 aromatic rings. The number of nitrogens with zero attached hydrogens (tertiary/aromatic N) is 1. The highest BCUT2D eigenvalue weighted by molar-refractivity contribution is 4.82. The van der Waals surface area contributed by atoms with Crippen LogP contribution in [0.15, 0.2) is 0 Å². The maximum atomic E-state index is 9.91. The van der Waals surface area contributed by atoms with Gasteiger partial charge < -0.3 is 9.84 Å². The molecule has 88 valence electrons. The smallest absolute Gasteiger partial charge is 0.165 e. The monoisotopic (exact) mass is 214 g/mol. The van der Waals surface area contributed by atoms with Crippen LogP contribution in [0, 0.1) is 5.92 Å². The summed E-state index contributed by atoms with van der Waals surface area (Å²) in [5.41, 5.74) is 0. The Morgan fingerprint density at radius 3 is 2.60 bits per heavy atom. The first-order valence-electron chi connectivity index (χ1n) is 5.93. The van der Waals surface area contributed by atoms with E-state index in [4.69, 9.17) is 4.74 Å². The fourth-order valence-electron chi connectivity index (χ4n) is 2.36. The van der Waals surface area contributed by atoms with E-state index in [1.165, 1.54) is 0 Å². The molecule has 0 aliphatic carbocycles. The average Bonchev–Trinajstić information content (AvgIpc) is 2.46. The Morgan fingerprint density at radius 1 is 1.33 bits per heavy atom. The van der Waals surface area contributed by atoms with Gasteiger partial charge in [-0.05, 0) is 32.6 Å². The van der Waals surface area contributed by atoms with Crippen molar-refractivity contribution in [2.75, 3.05) is 6.54 Å². The minimum absolute atomic E-state index is 0.0880. The molecule has 5 atom stereocenters. The SMILES string of the molecule is CC1CCN(C2CC(C)C(C)O2)C(O)N1. The van der Waals surface area contributed by atoms with Crippen molar-refractivity contribution in [1.29, 1.82) is 0 Å². The topological polar surface area (TPSA) is 44.7 Å². The third-order valence-corrected chi connectivity index (χ3v) is 3.68. The lowest BCUT2D eigenvalue weighted by molar-refractivity contribution is -0.152. The van der Waals surface area contributed by atoms with E-state index < -0.39 is 6.35 Å². The van der Waals surface area contributed by atoms with Gasteiger partial charge in [0.1, 0.15) is 6.23 Å². The molecule has 2 N–H and O–H groups in total. The predicted octanol–water partition coefficient (Wildman–Crippen LogP) is 0.717. The van der Waals surface area contributed by atoms with Crippen molar-refractivity contribution in [2.24, 2.45) is 5.92 Å². The fraction of sp³-hybridized carbons (Fsp3) is 1.00. The summed E-state index contributed by atoms with van der Waals surface area (Å²) >= 11 is 0. The second-order valence-corrected chi connectivity index (χ2v) is 4.98. The normalized spacial score (nSPS) is 48.4. The molecule has 15 heavy (non-hydrogen) atoms. The average molecular weight is 214 g/mol. The molecule has 2 aliphatic rings. The fourth-order valence-corrected chi connectivity index (χ4v) is 2.36. The summed E-state index contributed by atoms with van der Waals surface area (Å²) in [5, 5.41) is 13.0. The van der Waals surface area contributed by atoms with Crippen LogP contribution in [0.5, 0.6) is 0 Å².